The molecule has 0 saturated carbocycles. The van der Waals surface area contributed by atoms with Crippen molar-refractivity contribution >= 4 is 10.0 Å². The van der Waals surface area contributed by atoms with E-state index in [9.17, 15) is 12.8 Å². The predicted molar refractivity (Wildman–Crippen MR) is 96.3 cm³/mol. The van der Waals surface area contributed by atoms with Crippen molar-refractivity contribution in [1.29, 1.82) is 0 Å². The Morgan fingerprint density at radius 2 is 1.65 bits per heavy atom. The van der Waals surface area contributed by atoms with Gasteiger partial charge in [0.25, 0.3) is 0 Å². The maximum atomic E-state index is 13.1. The van der Waals surface area contributed by atoms with Gasteiger partial charge in [-0.25, -0.2) is 17.5 Å². The van der Waals surface area contributed by atoms with Crippen molar-refractivity contribution < 1.29 is 22.3 Å². The minimum Gasteiger partial charge on any atom is -0.490 e. The van der Waals surface area contributed by atoms with Gasteiger partial charge in [-0.2, -0.15) is 0 Å². The zero-order valence-electron chi connectivity index (χ0n) is 14.7. The van der Waals surface area contributed by atoms with Crippen LogP contribution in [0.3, 0.4) is 0 Å². The molecule has 1 unspecified atom stereocenters. The molecule has 5 nitrogen and oxygen atoms in total. The average Bonchev–Trinajstić information content (AvgIpc) is 2.84. The number of hydrogen-bond donors (Lipinski definition) is 1. The molecule has 0 amide bonds. The molecule has 0 spiro atoms. The third-order valence-electron chi connectivity index (χ3n) is 4.20. The lowest BCUT2D eigenvalue weighted by Gasteiger charge is -2.23. The van der Waals surface area contributed by atoms with Crippen LogP contribution in [0.4, 0.5) is 4.39 Å². The smallest absolute Gasteiger partial charge is 0.241 e. The summed E-state index contributed by atoms with van der Waals surface area (Å²) in [4.78, 5) is 0.0268. The van der Waals surface area contributed by atoms with E-state index >= 15 is 0 Å². The second-order valence-corrected chi connectivity index (χ2v) is 8.27. The molecule has 26 heavy (non-hydrogen) atoms. The fraction of sp³-hybridized carbons (Fsp3) is 0.368. The van der Waals surface area contributed by atoms with Gasteiger partial charge in [-0.1, -0.05) is 19.9 Å². The molecule has 1 atom stereocenters. The normalized spacial score (nSPS) is 15.5. The number of benzene rings is 2. The standard InChI is InChI=1S/C19H22FNO4S/c1-13(2)19(21-26(22,23)16-7-5-15(20)6-8-16)14-4-9-17-18(12-14)25-11-3-10-24-17/h4-9,12-13,19,21H,3,10-11H2,1-2H3. The largest absolute Gasteiger partial charge is 0.490 e. The summed E-state index contributed by atoms with van der Waals surface area (Å²) in [6.45, 7) is 5.02. The van der Waals surface area contributed by atoms with Crippen LogP contribution in [0.5, 0.6) is 11.5 Å². The first-order chi connectivity index (χ1) is 12.4. The van der Waals surface area contributed by atoms with E-state index in [1.54, 1.807) is 6.07 Å². The lowest BCUT2D eigenvalue weighted by molar-refractivity contribution is 0.297. The Morgan fingerprint density at radius 1 is 1.00 bits per heavy atom. The van der Waals surface area contributed by atoms with Crippen LogP contribution in [-0.4, -0.2) is 21.6 Å². The summed E-state index contributed by atoms with van der Waals surface area (Å²) in [5.41, 5.74) is 0.787. The fourth-order valence-corrected chi connectivity index (χ4v) is 4.18. The quantitative estimate of drug-likeness (QED) is 0.861. The number of fused-ring (bicyclic) bond motifs is 1. The second-order valence-electron chi connectivity index (χ2n) is 6.55. The van der Waals surface area contributed by atoms with Gasteiger partial charge in [-0.3, -0.25) is 0 Å². The Hall–Kier alpha value is -2.12. The van der Waals surface area contributed by atoms with Gasteiger partial charge in [-0.15, -0.1) is 0 Å². The molecule has 1 heterocycles. The summed E-state index contributed by atoms with van der Waals surface area (Å²) in [6.07, 6.45) is 0.800. The lowest BCUT2D eigenvalue weighted by atomic mass is 9.97. The summed E-state index contributed by atoms with van der Waals surface area (Å²) in [5, 5.41) is 0. The monoisotopic (exact) mass is 379 g/mol. The number of nitrogens with one attached hydrogen (secondary N) is 1. The molecule has 2 aromatic carbocycles. The van der Waals surface area contributed by atoms with Gasteiger partial charge in [-0.05, 0) is 47.9 Å². The van der Waals surface area contributed by atoms with Crippen LogP contribution < -0.4 is 14.2 Å². The maximum Gasteiger partial charge on any atom is 0.241 e. The highest BCUT2D eigenvalue weighted by atomic mass is 32.2. The van der Waals surface area contributed by atoms with Gasteiger partial charge in [0.2, 0.25) is 10.0 Å². The average molecular weight is 379 g/mol. The van der Waals surface area contributed by atoms with Crippen LogP contribution in [-0.2, 0) is 10.0 Å². The summed E-state index contributed by atoms with van der Waals surface area (Å²) in [6, 6.07) is 9.77. The molecular formula is C19H22FNO4S. The summed E-state index contributed by atoms with van der Waals surface area (Å²) >= 11 is 0. The van der Waals surface area contributed by atoms with Crippen molar-refractivity contribution in [2.75, 3.05) is 13.2 Å². The molecule has 1 aliphatic heterocycles. The SMILES string of the molecule is CC(C)C(NS(=O)(=O)c1ccc(F)cc1)c1ccc2c(c1)OCCCO2. The third kappa shape index (κ3) is 4.16. The molecule has 3 rings (SSSR count). The molecule has 0 radical (unpaired) electrons. The minimum atomic E-state index is -3.79. The van der Waals surface area contributed by atoms with E-state index in [2.05, 4.69) is 4.72 Å². The van der Waals surface area contributed by atoms with Gasteiger partial charge < -0.3 is 9.47 Å². The topological polar surface area (TPSA) is 64.6 Å². The highest BCUT2D eigenvalue weighted by Crippen LogP contribution is 2.34. The van der Waals surface area contributed by atoms with E-state index < -0.39 is 21.9 Å². The van der Waals surface area contributed by atoms with Crippen LogP contribution in [0.15, 0.2) is 47.4 Å². The zero-order chi connectivity index (χ0) is 18.7. The molecule has 1 N–H and O–H groups in total. The van der Waals surface area contributed by atoms with Gasteiger partial charge >= 0.3 is 0 Å². The van der Waals surface area contributed by atoms with Gasteiger partial charge in [0.15, 0.2) is 11.5 Å². The molecule has 1 aliphatic rings. The Morgan fingerprint density at radius 3 is 2.31 bits per heavy atom. The molecule has 0 aliphatic carbocycles. The van der Waals surface area contributed by atoms with Gasteiger partial charge in [0.05, 0.1) is 18.1 Å². The van der Waals surface area contributed by atoms with E-state index in [0.717, 1.165) is 24.1 Å². The summed E-state index contributed by atoms with van der Waals surface area (Å²) < 4.78 is 52.5. The summed E-state index contributed by atoms with van der Waals surface area (Å²) in [5.74, 6) is 0.795. The number of rotatable bonds is 5. The van der Waals surface area contributed by atoms with E-state index in [1.807, 2.05) is 26.0 Å². The maximum absolute atomic E-state index is 13.1. The predicted octanol–water partition coefficient (Wildman–Crippen LogP) is 3.66. The first kappa shape index (κ1) is 18.7. The minimum absolute atomic E-state index is 0.00466. The van der Waals surface area contributed by atoms with Gasteiger partial charge in [0, 0.05) is 12.5 Å². The molecule has 2 aromatic rings. The van der Waals surface area contributed by atoms with E-state index in [4.69, 9.17) is 9.47 Å². The van der Waals surface area contributed by atoms with E-state index in [-0.39, 0.29) is 10.8 Å². The van der Waals surface area contributed by atoms with E-state index in [1.165, 1.54) is 12.1 Å². The highest BCUT2D eigenvalue weighted by Gasteiger charge is 2.25. The van der Waals surface area contributed by atoms with Crippen molar-refractivity contribution in [2.24, 2.45) is 5.92 Å². The number of hydrogen-bond acceptors (Lipinski definition) is 4. The van der Waals surface area contributed by atoms with Crippen LogP contribution in [0, 0.1) is 11.7 Å². The highest BCUT2D eigenvalue weighted by molar-refractivity contribution is 7.89. The van der Waals surface area contributed by atoms with E-state index in [0.29, 0.717) is 24.7 Å². The summed E-state index contributed by atoms with van der Waals surface area (Å²) in [7, 11) is -3.79. The third-order valence-corrected chi connectivity index (χ3v) is 5.66. The van der Waals surface area contributed by atoms with Crippen molar-refractivity contribution in [3.8, 4) is 11.5 Å². The number of halogens is 1. The van der Waals surface area contributed by atoms with Crippen molar-refractivity contribution in [3.63, 3.8) is 0 Å². The Bertz CT molecular complexity index is 866. The van der Waals surface area contributed by atoms with Crippen LogP contribution in [0.25, 0.3) is 0 Å². The number of sulfonamides is 1. The second kappa shape index (κ2) is 7.63. The molecule has 0 saturated heterocycles. The van der Waals surface area contributed by atoms with Crippen LogP contribution in [0.2, 0.25) is 0 Å². The Balaban J connectivity index is 1.90. The Labute approximate surface area is 153 Å². The Kier molecular flexibility index (Phi) is 5.48. The lowest BCUT2D eigenvalue weighted by Crippen LogP contribution is -2.31. The fourth-order valence-electron chi connectivity index (χ4n) is 2.81. The van der Waals surface area contributed by atoms with Crippen LogP contribution in [0.1, 0.15) is 31.9 Å². The van der Waals surface area contributed by atoms with Gasteiger partial charge in [0.1, 0.15) is 5.82 Å². The number of ether oxygens (including phenoxy) is 2. The molecule has 0 fully saturated rings. The molecule has 0 aromatic heterocycles. The first-order valence-electron chi connectivity index (χ1n) is 8.54. The molecule has 140 valence electrons. The van der Waals surface area contributed by atoms with Crippen molar-refractivity contribution in [3.05, 3.63) is 53.8 Å². The molecule has 0 bridgehead atoms. The first-order valence-corrected chi connectivity index (χ1v) is 10.0. The van der Waals surface area contributed by atoms with Crippen LogP contribution >= 0.6 is 0 Å². The molecular weight excluding hydrogens is 357 g/mol. The molecule has 7 heteroatoms. The van der Waals surface area contributed by atoms with Crippen molar-refractivity contribution in [1.82, 2.24) is 4.72 Å². The zero-order valence-corrected chi connectivity index (χ0v) is 15.6. The van der Waals surface area contributed by atoms with Crippen molar-refractivity contribution in [2.45, 2.75) is 31.2 Å².